The maximum absolute atomic E-state index is 10.5. The first kappa shape index (κ1) is 9.17. The van der Waals surface area contributed by atoms with Gasteiger partial charge in [-0.1, -0.05) is 13.5 Å². The van der Waals surface area contributed by atoms with Crippen molar-refractivity contribution in [1.82, 2.24) is 5.32 Å². The minimum atomic E-state index is -0.429. The number of hydrogen-bond donors (Lipinski definition) is 2. The van der Waals surface area contributed by atoms with Crippen molar-refractivity contribution >= 4 is 5.91 Å². The van der Waals surface area contributed by atoms with Crippen LogP contribution in [-0.2, 0) is 4.79 Å². The molecule has 0 heterocycles. The van der Waals surface area contributed by atoms with Crippen LogP contribution in [0.25, 0.3) is 0 Å². The molecule has 0 spiro atoms. The van der Waals surface area contributed by atoms with Crippen molar-refractivity contribution in [3.05, 3.63) is 12.2 Å². The van der Waals surface area contributed by atoms with Crippen molar-refractivity contribution in [1.29, 1.82) is 0 Å². The van der Waals surface area contributed by atoms with E-state index in [1.165, 1.54) is 0 Å². The van der Waals surface area contributed by atoms with Crippen LogP contribution in [0.15, 0.2) is 12.2 Å². The summed E-state index contributed by atoms with van der Waals surface area (Å²) in [4.78, 5) is 10.5. The van der Waals surface area contributed by atoms with Gasteiger partial charge in [0.15, 0.2) is 0 Å². The molecule has 0 aliphatic rings. The van der Waals surface area contributed by atoms with Gasteiger partial charge in [-0.25, -0.2) is 0 Å². The first-order valence-electron chi connectivity index (χ1n) is 3.29. The van der Waals surface area contributed by atoms with Gasteiger partial charge >= 0.3 is 0 Å². The van der Waals surface area contributed by atoms with Crippen LogP contribution >= 0.6 is 0 Å². The smallest absolute Gasteiger partial charge is 0.245 e. The van der Waals surface area contributed by atoms with E-state index < -0.39 is 5.91 Å². The third-order valence-corrected chi connectivity index (χ3v) is 1.49. The van der Waals surface area contributed by atoms with E-state index >= 15 is 0 Å². The Labute approximate surface area is 61.3 Å². The second kappa shape index (κ2) is 4.06. The number of nitrogens with one attached hydrogen (secondary N) is 1. The van der Waals surface area contributed by atoms with Gasteiger partial charge in [0, 0.05) is 11.6 Å². The highest BCUT2D eigenvalue weighted by Crippen LogP contribution is 2.01. The lowest BCUT2D eigenvalue weighted by atomic mass is 10.1. The first-order valence-corrected chi connectivity index (χ1v) is 3.29. The fourth-order valence-corrected chi connectivity index (χ4v) is 0.796. The normalized spacial score (nSPS) is 12.6. The summed E-state index contributed by atoms with van der Waals surface area (Å²) >= 11 is 0. The number of hydrogen-bond acceptors (Lipinski definition) is 2. The summed E-state index contributed by atoms with van der Waals surface area (Å²) < 4.78 is 0. The lowest BCUT2D eigenvalue weighted by Gasteiger charge is -2.13. The van der Waals surface area contributed by atoms with Crippen LogP contribution in [0.4, 0.5) is 0 Å². The van der Waals surface area contributed by atoms with Gasteiger partial charge in [-0.2, -0.15) is 0 Å². The van der Waals surface area contributed by atoms with Crippen molar-refractivity contribution in [2.75, 3.05) is 7.05 Å². The largest absolute Gasteiger partial charge is 0.366 e. The van der Waals surface area contributed by atoms with E-state index in [1.54, 1.807) is 7.05 Å². The number of amides is 1. The molecule has 0 aliphatic heterocycles. The summed E-state index contributed by atoms with van der Waals surface area (Å²) in [5.41, 5.74) is 5.46. The number of carbonyl (C=O) groups excluding carboxylic acids is 1. The molecule has 1 amide bonds. The fraction of sp³-hybridized carbons (Fsp3) is 0.571. The average molecular weight is 142 g/mol. The second-order valence-corrected chi connectivity index (χ2v) is 2.14. The number of rotatable bonds is 4. The Morgan fingerprint density at radius 1 is 1.80 bits per heavy atom. The standard InChI is InChI=1S/C7H14N2O/c1-4-6(9-3)5(2)7(8)10/h6,9H,2,4H2,1,3H3,(H2,8,10). The van der Waals surface area contributed by atoms with Gasteiger partial charge in [-0.3, -0.25) is 4.79 Å². The molecule has 0 aliphatic carbocycles. The van der Waals surface area contributed by atoms with Crippen LogP contribution < -0.4 is 11.1 Å². The Bertz CT molecular complexity index is 139. The predicted octanol–water partition coefficient (Wildman–Crippen LogP) is 0.0259. The monoisotopic (exact) mass is 142 g/mol. The van der Waals surface area contributed by atoms with E-state index in [0.717, 1.165) is 6.42 Å². The van der Waals surface area contributed by atoms with Crippen molar-refractivity contribution in [2.45, 2.75) is 19.4 Å². The molecule has 1 unspecified atom stereocenters. The van der Waals surface area contributed by atoms with Crippen molar-refractivity contribution in [3.8, 4) is 0 Å². The van der Waals surface area contributed by atoms with Crippen molar-refractivity contribution < 1.29 is 4.79 Å². The average Bonchev–Trinajstić information content (AvgIpc) is 1.90. The van der Waals surface area contributed by atoms with Crippen molar-refractivity contribution in [2.24, 2.45) is 5.73 Å². The molecule has 3 heteroatoms. The van der Waals surface area contributed by atoms with E-state index in [2.05, 4.69) is 11.9 Å². The van der Waals surface area contributed by atoms with Crippen LogP contribution in [0.1, 0.15) is 13.3 Å². The molecule has 10 heavy (non-hydrogen) atoms. The molecule has 0 radical (unpaired) electrons. The van der Waals surface area contributed by atoms with Gasteiger partial charge in [-0.05, 0) is 13.5 Å². The van der Waals surface area contributed by atoms with Crippen LogP contribution in [0.5, 0.6) is 0 Å². The topological polar surface area (TPSA) is 55.1 Å². The number of nitrogens with two attached hydrogens (primary N) is 1. The molecular weight excluding hydrogens is 128 g/mol. The highest BCUT2D eigenvalue weighted by atomic mass is 16.1. The van der Waals surface area contributed by atoms with E-state index in [-0.39, 0.29) is 6.04 Å². The SMILES string of the molecule is C=C(C(N)=O)C(CC)NC. The third-order valence-electron chi connectivity index (χ3n) is 1.49. The lowest BCUT2D eigenvalue weighted by Crippen LogP contribution is -2.32. The summed E-state index contributed by atoms with van der Waals surface area (Å²) in [5.74, 6) is -0.429. The van der Waals surface area contributed by atoms with E-state index in [9.17, 15) is 4.79 Å². The summed E-state index contributed by atoms with van der Waals surface area (Å²) in [6, 6.07) is 0.0255. The first-order chi connectivity index (χ1) is 4.63. The molecule has 3 nitrogen and oxygen atoms in total. The molecule has 0 saturated carbocycles. The number of likely N-dealkylation sites (N-methyl/N-ethyl adjacent to an activating group) is 1. The quantitative estimate of drug-likeness (QED) is 0.544. The van der Waals surface area contributed by atoms with Gasteiger partial charge in [0.25, 0.3) is 0 Å². The zero-order chi connectivity index (χ0) is 8.15. The van der Waals surface area contributed by atoms with Gasteiger partial charge in [0.1, 0.15) is 0 Å². The summed E-state index contributed by atoms with van der Waals surface area (Å²) in [5, 5.41) is 2.93. The molecule has 0 aromatic heterocycles. The molecule has 0 aromatic rings. The molecule has 0 aromatic carbocycles. The Balaban J connectivity index is 4.02. The Morgan fingerprint density at radius 3 is 2.40 bits per heavy atom. The maximum atomic E-state index is 10.5. The van der Waals surface area contributed by atoms with E-state index in [4.69, 9.17) is 5.73 Å². The van der Waals surface area contributed by atoms with Gasteiger partial charge in [-0.15, -0.1) is 0 Å². The molecular formula is C7H14N2O. The Kier molecular flexibility index (Phi) is 3.72. The van der Waals surface area contributed by atoms with Crippen LogP contribution in [0.2, 0.25) is 0 Å². The molecule has 0 fully saturated rings. The Morgan fingerprint density at radius 2 is 2.30 bits per heavy atom. The van der Waals surface area contributed by atoms with E-state index in [1.807, 2.05) is 6.92 Å². The van der Waals surface area contributed by atoms with Crippen LogP contribution in [0.3, 0.4) is 0 Å². The fourth-order valence-electron chi connectivity index (χ4n) is 0.796. The molecule has 0 saturated heterocycles. The minimum Gasteiger partial charge on any atom is -0.366 e. The molecule has 3 N–H and O–H groups in total. The number of primary amides is 1. The molecule has 0 bridgehead atoms. The minimum absolute atomic E-state index is 0.0255. The highest BCUT2D eigenvalue weighted by molar-refractivity contribution is 5.92. The zero-order valence-electron chi connectivity index (χ0n) is 6.48. The number of carbonyl (C=O) groups is 1. The predicted molar refractivity (Wildman–Crippen MR) is 41.5 cm³/mol. The third kappa shape index (κ3) is 2.19. The van der Waals surface area contributed by atoms with Crippen LogP contribution in [0, 0.1) is 0 Å². The molecule has 0 rings (SSSR count). The van der Waals surface area contributed by atoms with Gasteiger partial charge < -0.3 is 11.1 Å². The summed E-state index contributed by atoms with van der Waals surface area (Å²) in [6.45, 7) is 5.53. The van der Waals surface area contributed by atoms with E-state index in [0.29, 0.717) is 5.57 Å². The molecule has 58 valence electrons. The second-order valence-electron chi connectivity index (χ2n) is 2.14. The zero-order valence-corrected chi connectivity index (χ0v) is 6.48. The van der Waals surface area contributed by atoms with Gasteiger partial charge in [0.05, 0.1) is 0 Å². The molecule has 1 atom stereocenters. The summed E-state index contributed by atoms with van der Waals surface area (Å²) in [6.07, 6.45) is 0.832. The highest BCUT2D eigenvalue weighted by Gasteiger charge is 2.11. The van der Waals surface area contributed by atoms with Gasteiger partial charge in [0.2, 0.25) is 5.91 Å². The van der Waals surface area contributed by atoms with Crippen LogP contribution in [-0.4, -0.2) is 19.0 Å². The van der Waals surface area contributed by atoms with Crippen molar-refractivity contribution in [3.63, 3.8) is 0 Å². The lowest BCUT2D eigenvalue weighted by molar-refractivity contribution is -0.114. The summed E-state index contributed by atoms with van der Waals surface area (Å²) in [7, 11) is 1.78. The Hall–Kier alpha value is -0.830. The maximum Gasteiger partial charge on any atom is 0.245 e.